The molecule has 1 aliphatic heterocycles. The average molecular weight is 463 g/mol. The van der Waals surface area contributed by atoms with Gasteiger partial charge in [-0.05, 0) is 49.9 Å². The summed E-state index contributed by atoms with van der Waals surface area (Å²) in [6.45, 7) is 6.77. The first-order chi connectivity index (χ1) is 16.4. The van der Waals surface area contributed by atoms with Gasteiger partial charge in [-0.2, -0.15) is 0 Å². The number of methoxy groups -OCH3 is 1. The molecule has 5 heteroatoms. The molecule has 0 amide bonds. The van der Waals surface area contributed by atoms with Gasteiger partial charge >= 0.3 is 0 Å². The van der Waals surface area contributed by atoms with E-state index in [1.807, 2.05) is 0 Å². The standard InChI is InChI=1S/C29H35FN2O2/c1-28(2,32-19-25(20-32)34-26-15-14-24(30)18-27(26)33-3)16-17-29(21-31,22-10-6-4-7-11-22)23-12-8-5-9-13-23/h4-15,18,25H,16-17,19-21,31H2,1-3H3. The fourth-order valence-corrected chi connectivity index (χ4v) is 4.91. The molecule has 2 N–H and O–H groups in total. The molecule has 0 aromatic heterocycles. The van der Waals surface area contributed by atoms with E-state index >= 15 is 0 Å². The number of hydrogen-bond donors (Lipinski definition) is 1. The predicted octanol–water partition coefficient (Wildman–Crippen LogP) is 5.40. The Hall–Kier alpha value is -2.89. The Morgan fingerprint density at radius 2 is 1.47 bits per heavy atom. The second-order valence-electron chi connectivity index (χ2n) is 9.77. The number of nitrogens with zero attached hydrogens (tertiary/aromatic N) is 1. The molecule has 0 unspecified atom stereocenters. The first-order valence-corrected chi connectivity index (χ1v) is 11.9. The Kier molecular flexibility index (Phi) is 7.24. The van der Waals surface area contributed by atoms with E-state index in [1.54, 1.807) is 6.07 Å². The van der Waals surface area contributed by atoms with Crippen LogP contribution in [0.25, 0.3) is 0 Å². The SMILES string of the molecule is COc1cc(F)ccc1OC1CN(C(C)(C)CCC(CN)(c2ccccc2)c2ccccc2)C1. The fourth-order valence-electron chi connectivity index (χ4n) is 4.91. The maximum atomic E-state index is 13.5. The highest BCUT2D eigenvalue weighted by molar-refractivity contribution is 5.41. The number of ether oxygens (including phenoxy) is 2. The molecule has 0 saturated carbocycles. The third kappa shape index (κ3) is 4.96. The Morgan fingerprint density at radius 3 is 2.00 bits per heavy atom. The molecule has 0 bridgehead atoms. The van der Waals surface area contributed by atoms with Gasteiger partial charge in [0.15, 0.2) is 11.5 Å². The van der Waals surface area contributed by atoms with Gasteiger partial charge in [0.1, 0.15) is 11.9 Å². The van der Waals surface area contributed by atoms with E-state index in [9.17, 15) is 4.39 Å². The van der Waals surface area contributed by atoms with Crippen LogP contribution in [0.2, 0.25) is 0 Å². The highest BCUT2D eigenvalue weighted by atomic mass is 19.1. The van der Waals surface area contributed by atoms with Crippen molar-refractivity contribution in [1.82, 2.24) is 4.90 Å². The summed E-state index contributed by atoms with van der Waals surface area (Å²) in [4.78, 5) is 2.45. The zero-order chi connectivity index (χ0) is 24.2. The van der Waals surface area contributed by atoms with Crippen LogP contribution in [0, 0.1) is 5.82 Å². The molecule has 180 valence electrons. The lowest BCUT2D eigenvalue weighted by atomic mass is 9.69. The van der Waals surface area contributed by atoms with Crippen molar-refractivity contribution < 1.29 is 13.9 Å². The minimum atomic E-state index is -0.333. The number of rotatable bonds is 10. The van der Waals surface area contributed by atoms with Gasteiger partial charge in [0.05, 0.1) is 7.11 Å². The summed E-state index contributed by atoms with van der Waals surface area (Å²) < 4.78 is 24.9. The summed E-state index contributed by atoms with van der Waals surface area (Å²) in [5.74, 6) is 0.679. The zero-order valence-electron chi connectivity index (χ0n) is 20.3. The highest BCUT2D eigenvalue weighted by Gasteiger charge is 2.41. The van der Waals surface area contributed by atoms with Gasteiger partial charge in [-0.3, -0.25) is 4.90 Å². The summed E-state index contributed by atoms with van der Waals surface area (Å²) in [5.41, 5.74) is 8.76. The summed E-state index contributed by atoms with van der Waals surface area (Å²) in [6.07, 6.45) is 1.99. The Labute approximate surface area is 202 Å². The van der Waals surface area contributed by atoms with Crippen molar-refractivity contribution in [2.24, 2.45) is 5.73 Å². The van der Waals surface area contributed by atoms with Crippen LogP contribution in [0.5, 0.6) is 11.5 Å². The minimum Gasteiger partial charge on any atom is -0.493 e. The summed E-state index contributed by atoms with van der Waals surface area (Å²) in [5, 5.41) is 0. The summed E-state index contributed by atoms with van der Waals surface area (Å²) in [6, 6.07) is 25.6. The number of nitrogens with two attached hydrogens (primary N) is 1. The number of hydrogen-bond acceptors (Lipinski definition) is 4. The quantitative estimate of drug-likeness (QED) is 0.438. The Morgan fingerprint density at radius 1 is 0.882 bits per heavy atom. The van der Waals surface area contributed by atoms with Gasteiger partial charge in [0.2, 0.25) is 0 Å². The maximum Gasteiger partial charge on any atom is 0.163 e. The monoisotopic (exact) mass is 462 g/mol. The summed E-state index contributed by atoms with van der Waals surface area (Å²) in [7, 11) is 1.53. The molecule has 3 aromatic rings. The van der Waals surface area contributed by atoms with Crippen LogP contribution >= 0.6 is 0 Å². The van der Waals surface area contributed by atoms with Crippen molar-refractivity contribution in [3.63, 3.8) is 0 Å². The lowest BCUT2D eigenvalue weighted by Crippen LogP contribution is -2.62. The van der Waals surface area contributed by atoms with Crippen LogP contribution in [-0.4, -0.2) is 43.3 Å². The van der Waals surface area contributed by atoms with Crippen molar-refractivity contribution in [1.29, 1.82) is 0 Å². The third-order valence-electron chi connectivity index (χ3n) is 7.29. The van der Waals surface area contributed by atoms with Crippen LogP contribution in [-0.2, 0) is 5.41 Å². The number of halogens is 1. The molecule has 0 spiro atoms. The molecule has 4 nitrogen and oxygen atoms in total. The van der Waals surface area contributed by atoms with Crippen molar-refractivity contribution >= 4 is 0 Å². The Bertz CT molecular complexity index is 1030. The van der Waals surface area contributed by atoms with E-state index in [0.29, 0.717) is 18.0 Å². The van der Waals surface area contributed by atoms with Gasteiger partial charge in [-0.1, -0.05) is 60.7 Å². The van der Waals surface area contributed by atoms with E-state index in [0.717, 1.165) is 25.9 Å². The van der Waals surface area contributed by atoms with Crippen LogP contribution in [0.3, 0.4) is 0 Å². The number of benzene rings is 3. The predicted molar refractivity (Wildman–Crippen MR) is 135 cm³/mol. The third-order valence-corrected chi connectivity index (χ3v) is 7.29. The first kappa shape index (κ1) is 24.2. The molecular weight excluding hydrogens is 427 g/mol. The second kappa shape index (κ2) is 10.2. The Balaban J connectivity index is 1.44. The molecule has 1 heterocycles. The van der Waals surface area contributed by atoms with Gasteiger partial charge in [0.25, 0.3) is 0 Å². The fraction of sp³-hybridized carbons (Fsp3) is 0.379. The van der Waals surface area contributed by atoms with Crippen LogP contribution in [0.15, 0.2) is 78.9 Å². The van der Waals surface area contributed by atoms with E-state index in [2.05, 4.69) is 79.4 Å². The molecule has 1 saturated heterocycles. The molecule has 0 atom stereocenters. The topological polar surface area (TPSA) is 47.7 Å². The molecular formula is C29H35FN2O2. The minimum absolute atomic E-state index is 0.0171. The largest absolute Gasteiger partial charge is 0.493 e. The average Bonchev–Trinajstić information content (AvgIpc) is 2.83. The van der Waals surface area contributed by atoms with Crippen LogP contribution in [0.1, 0.15) is 37.8 Å². The van der Waals surface area contributed by atoms with Crippen molar-refractivity contribution in [2.45, 2.75) is 43.7 Å². The molecule has 1 fully saturated rings. The van der Waals surface area contributed by atoms with E-state index in [1.165, 1.54) is 30.4 Å². The van der Waals surface area contributed by atoms with Crippen molar-refractivity contribution in [2.75, 3.05) is 26.7 Å². The second-order valence-corrected chi connectivity index (χ2v) is 9.77. The molecule has 1 aliphatic rings. The van der Waals surface area contributed by atoms with Gasteiger partial charge in [-0.15, -0.1) is 0 Å². The van der Waals surface area contributed by atoms with Crippen molar-refractivity contribution in [3.05, 3.63) is 95.8 Å². The number of likely N-dealkylation sites (tertiary alicyclic amines) is 1. The normalized spacial score (nSPS) is 15.1. The molecule has 0 aliphatic carbocycles. The van der Waals surface area contributed by atoms with Crippen LogP contribution in [0.4, 0.5) is 4.39 Å². The molecule has 3 aromatic carbocycles. The molecule has 0 radical (unpaired) electrons. The van der Waals surface area contributed by atoms with E-state index in [4.69, 9.17) is 15.2 Å². The molecule has 4 rings (SSSR count). The maximum absolute atomic E-state index is 13.5. The smallest absolute Gasteiger partial charge is 0.163 e. The van der Waals surface area contributed by atoms with Crippen molar-refractivity contribution in [3.8, 4) is 11.5 Å². The summed E-state index contributed by atoms with van der Waals surface area (Å²) >= 11 is 0. The van der Waals surface area contributed by atoms with Gasteiger partial charge in [0, 0.05) is 36.7 Å². The van der Waals surface area contributed by atoms with Gasteiger partial charge < -0.3 is 15.2 Å². The lowest BCUT2D eigenvalue weighted by Gasteiger charge is -2.50. The molecule has 34 heavy (non-hydrogen) atoms. The van der Waals surface area contributed by atoms with Crippen LogP contribution < -0.4 is 15.2 Å². The zero-order valence-corrected chi connectivity index (χ0v) is 20.3. The van der Waals surface area contributed by atoms with E-state index < -0.39 is 0 Å². The van der Waals surface area contributed by atoms with E-state index in [-0.39, 0.29) is 22.9 Å². The van der Waals surface area contributed by atoms with Gasteiger partial charge in [-0.25, -0.2) is 4.39 Å². The lowest BCUT2D eigenvalue weighted by molar-refractivity contribution is -0.0476. The highest BCUT2D eigenvalue weighted by Crippen LogP contribution is 2.40. The first-order valence-electron chi connectivity index (χ1n) is 11.9.